The molecule has 20 heavy (non-hydrogen) atoms. The maximum Gasteiger partial charge on any atom is 0.233 e. The molecule has 2 aromatic rings. The highest BCUT2D eigenvalue weighted by Gasteiger charge is 2.25. The van der Waals surface area contributed by atoms with Gasteiger partial charge in [0, 0.05) is 12.6 Å². The van der Waals surface area contributed by atoms with Crippen LogP contribution in [0.4, 0.5) is 11.5 Å². The summed E-state index contributed by atoms with van der Waals surface area (Å²) in [6, 6.07) is 13.2. The second-order valence-electron chi connectivity index (χ2n) is 4.58. The smallest absolute Gasteiger partial charge is 0.233 e. The van der Waals surface area contributed by atoms with Crippen molar-refractivity contribution in [2.45, 2.75) is 5.92 Å². The molecule has 0 radical (unpaired) electrons. The molecule has 2 N–H and O–H groups in total. The Morgan fingerprint density at radius 1 is 1.20 bits per heavy atom. The Morgan fingerprint density at radius 2 is 2.00 bits per heavy atom. The summed E-state index contributed by atoms with van der Waals surface area (Å²) < 4.78 is 5.10. The van der Waals surface area contributed by atoms with Gasteiger partial charge in [0.05, 0.1) is 18.7 Å². The predicted molar refractivity (Wildman–Crippen MR) is 77.1 cm³/mol. The molecule has 2 heterocycles. The van der Waals surface area contributed by atoms with Gasteiger partial charge in [-0.3, -0.25) is 4.79 Å². The highest BCUT2D eigenvalue weighted by molar-refractivity contribution is 5.99. The summed E-state index contributed by atoms with van der Waals surface area (Å²) >= 11 is 0. The third kappa shape index (κ3) is 2.30. The van der Waals surface area contributed by atoms with Gasteiger partial charge in [0.1, 0.15) is 0 Å². The van der Waals surface area contributed by atoms with E-state index in [9.17, 15) is 4.79 Å². The zero-order valence-electron chi connectivity index (χ0n) is 11.1. The average Bonchev–Trinajstić information content (AvgIpc) is 2.65. The highest BCUT2D eigenvalue weighted by Crippen LogP contribution is 2.29. The van der Waals surface area contributed by atoms with Crippen LogP contribution in [-0.2, 0) is 4.79 Å². The van der Waals surface area contributed by atoms with Crippen molar-refractivity contribution in [1.29, 1.82) is 0 Å². The van der Waals surface area contributed by atoms with Crippen molar-refractivity contribution in [2.75, 3.05) is 24.3 Å². The average molecular weight is 269 g/mol. The number of anilines is 2. The van der Waals surface area contributed by atoms with Crippen LogP contribution in [0.5, 0.6) is 5.88 Å². The van der Waals surface area contributed by atoms with Crippen LogP contribution in [0.25, 0.3) is 0 Å². The van der Waals surface area contributed by atoms with Crippen molar-refractivity contribution < 1.29 is 9.53 Å². The van der Waals surface area contributed by atoms with Gasteiger partial charge in [0.2, 0.25) is 11.8 Å². The molecule has 0 spiro atoms. The van der Waals surface area contributed by atoms with Gasteiger partial charge in [-0.05, 0) is 11.6 Å². The minimum absolute atomic E-state index is 0.0329. The van der Waals surface area contributed by atoms with E-state index < -0.39 is 0 Å². The lowest BCUT2D eigenvalue weighted by Crippen LogP contribution is -2.23. The van der Waals surface area contributed by atoms with E-state index in [0.29, 0.717) is 23.9 Å². The molecule has 1 atom stereocenters. The predicted octanol–water partition coefficient (Wildman–Crippen LogP) is 2.24. The van der Waals surface area contributed by atoms with E-state index in [4.69, 9.17) is 4.74 Å². The second-order valence-corrected chi connectivity index (χ2v) is 4.58. The summed E-state index contributed by atoms with van der Waals surface area (Å²) in [5.74, 6) is 0.880. The molecular weight excluding hydrogens is 254 g/mol. The molecule has 102 valence electrons. The van der Waals surface area contributed by atoms with Gasteiger partial charge >= 0.3 is 0 Å². The van der Waals surface area contributed by atoms with Crippen LogP contribution in [0.1, 0.15) is 11.5 Å². The molecule has 1 aliphatic rings. The van der Waals surface area contributed by atoms with Crippen LogP contribution in [0, 0.1) is 0 Å². The normalized spacial score (nSPS) is 17.4. The summed E-state index contributed by atoms with van der Waals surface area (Å²) in [6.45, 7) is 0.503. The van der Waals surface area contributed by atoms with E-state index in [0.717, 1.165) is 5.56 Å². The van der Waals surface area contributed by atoms with Gasteiger partial charge in [-0.25, -0.2) is 0 Å². The largest absolute Gasteiger partial charge is 0.481 e. The van der Waals surface area contributed by atoms with Crippen LogP contribution < -0.4 is 15.4 Å². The van der Waals surface area contributed by atoms with E-state index in [2.05, 4.69) is 15.6 Å². The fourth-order valence-electron chi connectivity index (χ4n) is 2.26. The van der Waals surface area contributed by atoms with Gasteiger partial charge < -0.3 is 15.4 Å². The van der Waals surface area contributed by atoms with Crippen molar-refractivity contribution in [3.8, 4) is 5.88 Å². The molecule has 0 aliphatic carbocycles. The number of nitrogens with zero attached hydrogens (tertiary/aromatic N) is 1. The van der Waals surface area contributed by atoms with Crippen molar-refractivity contribution in [3.63, 3.8) is 0 Å². The number of hydrogen-bond acceptors (Lipinski definition) is 4. The van der Waals surface area contributed by atoms with E-state index in [1.807, 2.05) is 30.3 Å². The molecule has 1 aromatic carbocycles. The van der Waals surface area contributed by atoms with Crippen LogP contribution in [0.15, 0.2) is 42.5 Å². The molecular formula is C15H15N3O2. The summed E-state index contributed by atoms with van der Waals surface area (Å²) in [7, 11) is 1.57. The van der Waals surface area contributed by atoms with Crippen LogP contribution in [0.2, 0.25) is 0 Å². The Bertz CT molecular complexity index is 628. The van der Waals surface area contributed by atoms with Gasteiger partial charge in [-0.15, -0.1) is 0 Å². The maximum atomic E-state index is 12.3. The van der Waals surface area contributed by atoms with Gasteiger partial charge in [-0.2, -0.15) is 4.98 Å². The van der Waals surface area contributed by atoms with Crippen molar-refractivity contribution in [3.05, 3.63) is 48.0 Å². The molecule has 0 fully saturated rings. The third-order valence-corrected chi connectivity index (χ3v) is 3.33. The minimum Gasteiger partial charge on any atom is -0.481 e. The monoisotopic (exact) mass is 269 g/mol. The van der Waals surface area contributed by atoms with E-state index in [1.165, 1.54) is 0 Å². The van der Waals surface area contributed by atoms with Gasteiger partial charge in [-0.1, -0.05) is 30.3 Å². The topological polar surface area (TPSA) is 63.2 Å². The molecule has 5 heteroatoms. The zero-order chi connectivity index (χ0) is 13.9. The Balaban J connectivity index is 1.90. The first-order valence-electron chi connectivity index (χ1n) is 6.42. The zero-order valence-corrected chi connectivity index (χ0v) is 11.1. The Morgan fingerprint density at radius 3 is 2.75 bits per heavy atom. The summed E-state index contributed by atoms with van der Waals surface area (Å²) in [4.78, 5) is 16.6. The summed E-state index contributed by atoms with van der Waals surface area (Å²) in [5, 5.41) is 6.11. The quantitative estimate of drug-likeness (QED) is 0.877. The molecule has 1 amide bonds. The molecule has 0 saturated heterocycles. The third-order valence-electron chi connectivity index (χ3n) is 3.33. The number of rotatable bonds is 2. The number of ether oxygens (including phenoxy) is 1. The van der Waals surface area contributed by atoms with E-state index in [-0.39, 0.29) is 11.8 Å². The van der Waals surface area contributed by atoms with Gasteiger partial charge in [0.25, 0.3) is 0 Å². The van der Waals surface area contributed by atoms with Crippen LogP contribution in [-0.4, -0.2) is 24.5 Å². The first-order chi connectivity index (χ1) is 9.78. The molecule has 0 saturated carbocycles. The first-order valence-corrected chi connectivity index (χ1v) is 6.42. The number of nitrogens with one attached hydrogen (secondary N) is 2. The van der Waals surface area contributed by atoms with E-state index in [1.54, 1.807) is 19.2 Å². The lowest BCUT2D eigenvalue weighted by atomic mass is 9.98. The number of carbonyl (C=O) groups excluding carboxylic acids is 1. The minimum atomic E-state index is -0.239. The Kier molecular flexibility index (Phi) is 3.25. The van der Waals surface area contributed by atoms with Crippen LogP contribution >= 0.6 is 0 Å². The van der Waals surface area contributed by atoms with Crippen molar-refractivity contribution in [1.82, 2.24) is 4.98 Å². The number of methoxy groups -OCH3 is 1. The molecule has 1 unspecified atom stereocenters. The number of benzene rings is 1. The highest BCUT2D eigenvalue weighted by atomic mass is 16.5. The maximum absolute atomic E-state index is 12.3. The molecule has 1 aliphatic heterocycles. The number of aromatic nitrogens is 1. The molecule has 0 bridgehead atoms. The fourth-order valence-corrected chi connectivity index (χ4v) is 2.26. The summed E-state index contributed by atoms with van der Waals surface area (Å²) in [5.41, 5.74) is 1.66. The number of carbonyl (C=O) groups is 1. The molecule has 3 rings (SSSR count). The number of hydrogen-bond donors (Lipinski definition) is 2. The molecule has 1 aromatic heterocycles. The Labute approximate surface area is 117 Å². The Hall–Kier alpha value is -2.56. The van der Waals surface area contributed by atoms with Crippen molar-refractivity contribution >= 4 is 17.4 Å². The number of pyridine rings is 1. The fraction of sp³-hybridized carbons (Fsp3) is 0.200. The standard InChI is InChI=1S/C15H15N3O2/c1-20-13-8-7-12-14(18-13)16-9-11(15(19)17-12)10-5-3-2-4-6-10/h2-8,11H,9H2,1H3,(H,16,18)(H,17,19). The first kappa shape index (κ1) is 12.5. The number of fused-ring (bicyclic) bond motifs is 1. The lowest BCUT2D eigenvalue weighted by Gasteiger charge is -2.13. The summed E-state index contributed by atoms with van der Waals surface area (Å²) in [6.07, 6.45) is 0. The van der Waals surface area contributed by atoms with Gasteiger partial charge in [0.15, 0.2) is 5.82 Å². The SMILES string of the molecule is COc1ccc2c(n1)NCC(c1ccccc1)C(=O)N2. The van der Waals surface area contributed by atoms with Crippen molar-refractivity contribution in [2.24, 2.45) is 0 Å². The second kappa shape index (κ2) is 5.21. The van der Waals surface area contributed by atoms with E-state index >= 15 is 0 Å². The lowest BCUT2D eigenvalue weighted by molar-refractivity contribution is -0.117. The molecule has 5 nitrogen and oxygen atoms in total. The van der Waals surface area contributed by atoms with Crippen LogP contribution in [0.3, 0.4) is 0 Å². The number of amides is 1.